The molecule has 1 unspecified atom stereocenters. The zero-order valence-corrected chi connectivity index (χ0v) is 15.0. The quantitative estimate of drug-likeness (QED) is 0.823. The SMILES string of the molecule is CCCC(C)CS(=O)(=O)NC(=O)c1csc(-c2ccc(C)o2)n1. The Kier molecular flexibility index (Phi) is 5.59. The maximum absolute atomic E-state index is 12.1. The van der Waals surface area contributed by atoms with Crippen LogP contribution >= 0.6 is 11.3 Å². The van der Waals surface area contributed by atoms with Crippen molar-refractivity contribution in [3.63, 3.8) is 0 Å². The summed E-state index contributed by atoms with van der Waals surface area (Å²) in [6, 6.07) is 3.56. The van der Waals surface area contributed by atoms with E-state index in [2.05, 4.69) is 9.71 Å². The van der Waals surface area contributed by atoms with Gasteiger partial charge in [-0.1, -0.05) is 20.3 Å². The van der Waals surface area contributed by atoms with Crippen molar-refractivity contribution in [2.45, 2.75) is 33.6 Å². The summed E-state index contributed by atoms with van der Waals surface area (Å²) < 4.78 is 31.5. The minimum atomic E-state index is -3.66. The lowest BCUT2D eigenvalue weighted by Crippen LogP contribution is -2.34. The second-order valence-electron chi connectivity index (χ2n) is 5.55. The van der Waals surface area contributed by atoms with Crippen LogP contribution in [0, 0.1) is 12.8 Å². The van der Waals surface area contributed by atoms with Gasteiger partial charge in [-0.05, 0) is 31.4 Å². The van der Waals surface area contributed by atoms with Crippen molar-refractivity contribution in [1.82, 2.24) is 9.71 Å². The molecule has 0 radical (unpaired) electrons. The molecule has 0 fully saturated rings. The fourth-order valence-corrected chi connectivity index (χ4v) is 4.37. The molecule has 0 aliphatic carbocycles. The number of sulfonamides is 1. The molecule has 0 aliphatic rings. The predicted molar refractivity (Wildman–Crippen MR) is 89.9 cm³/mol. The number of aryl methyl sites for hydroxylation is 1. The van der Waals surface area contributed by atoms with E-state index in [0.29, 0.717) is 10.8 Å². The molecule has 0 saturated heterocycles. The summed E-state index contributed by atoms with van der Waals surface area (Å²) in [6.45, 7) is 5.66. The summed E-state index contributed by atoms with van der Waals surface area (Å²) in [5.74, 6) is 0.530. The van der Waals surface area contributed by atoms with E-state index in [4.69, 9.17) is 4.42 Å². The second kappa shape index (κ2) is 7.27. The summed E-state index contributed by atoms with van der Waals surface area (Å²) in [5, 5.41) is 2.06. The number of hydrogen-bond acceptors (Lipinski definition) is 6. The van der Waals surface area contributed by atoms with Crippen LogP contribution in [0.3, 0.4) is 0 Å². The van der Waals surface area contributed by atoms with E-state index >= 15 is 0 Å². The Bertz CT molecular complexity index is 777. The van der Waals surface area contributed by atoms with E-state index in [1.165, 1.54) is 16.7 Å². The fourth-order valence-electron chi connectivity index (χ4n) is 2.23. The number of rotatable bonds is 7. The average Bonchev–Trinajstić information content (AvgIpc) is 3.05. The molecule has 2 aromatic rings. The molecular weight excluding hydrogens is 336 g/mol. The summed E-state index contributed by atoms with van der Waals surface area (Å²) in [4.78, 5) is 16.2. The Balaban J connectivity index is 2.05. The Morgan fingerprint density at radius 1 is 1.43 bits per heavy atom. The highest BCUT2D eigenvalue weighted by atomic mass is 32.2. The zero-order valence-electron chi connectivity index (χ0n) is 13.3. The number of nitrogens with one attached hydrogen (secondary N) is 1. The van der Waals surface area contributed by atoms with Crippen molar-refractivity contribution in [2.75, 3.05) is 5.75 Å². The van der Waals surface area contributed by atoms with Gasteiger partial charge < -0.3 is 4.42 Å². The smallest absolute Gasteiger partial charge is 0.284 e. The van der Waals surface area contributed by atoms with Gasteiger partial charge in [0.1, 0.15) is 11.5 Å². The highest BCUT2D eigenvalue weighted by molar-refractivity contribution is 7.90. The Morgan fingerprint density at radius 3 is 2.78 bits per heavy atom. The van der Waals surface area contributed by atoms with Gasteiger partial charge in [0.25, 0.3) is 5.91 Å². The summed E-state index contributed by atoms with van der Waals surface area (Å²) >= 11 is 1.23. The first kappa shape index (κ1) is 17.7. The summed E-state index contributed by atoms with van der Waals surface area (Å²) in [6.07, 6.45) is 1.70. The fraction of sp³-hybridized carbons (Fsp3) is 0.467. The molecule has 23 heavy (non-hydrogen) atoms. The largest absolute Gasteiger partial charge is 0.459 e. The van der Waals surface area contributed by atoms with Crippen molar-refractivity contribution in [2.24, 2.45) is 5.92 Å². The lowest BCUT2D eigenvalue weighted by molar-refractivity contribution is 0.0977. The van der Waals surface area contributed by atoms with Crippen molar-refractivity contribution >= 4 is 27.3 Å². The van der Waals surface area contributed by atoms with Gasteiger partial charge in [-0.3, -0.25) is 4.79 Å². The number of hydrogen-bond donors (Lipinski definition) is 1. The highest BCUT2D eigenvalue weighted by Gasteiger charge is 2.21. The van der Waals surface area contributed by atoms with Gasteiger partial charge in [0.05, 0.1) is 5.75 Å². The number of aromatic nitrogens is 1. The van der Waals surface area contributed by atoms with Crippen LogP contribution in [0.4, 0.5) is 0 Å². The first-order chi connectivity index (χ1) is 10.8. The lowest BCUT2D eigenvalue weighted by atomic mass is 10.1. The van der Waals surface area contributed by atoms with Gasteiger partial charge in [-0.15, -0.1) is 11.3 Å². The number of thiazole rings is 1. The van der Waals surface area contributed by atoms with Crippen LogP contribution in [0.25, 0.3) is 10.8 Å². The minimum absolute atomic E-state index is 0.00221. The molecule has 2 aromatic heterocycles. The number of amides is 1. The molecule has 1 atom stereocenters. The first-order valence-electron chi connectivity index (χ1n) is 7.38. The van der Waals surface area contributed by atoms with Gasteiger partial charge in [-0.25, -0.2) is 18.1 Å². The molecule has 0 aliphatic heterocycles. The molecule has 2 rings (SSSR count). The van der Waals surface area contributed by atoms with E-state index in [-0.39, 0.29) is 17.4 Å². The summed E-state index contributed by atoms with van der Waals surface area (Å²) in [5.41, 5.74) is 0.0748. The van der Waals surface area contributed by atoms with E-state index in [0.717, 1.165) is 18.6 Å². The van der Waals surface area contributed by atoms with Crippen LogP contribution in [0.2, 0.25) is 0 Å². The van der Waals surface area contributed by atoms with Gasteiger partial charge in [0.15, 0.2) is 10.8 Å². The van der Waals surface area contributed by atoms with Crippen LogP contribution in [-0.2, 0) is 10.0 Å². The Labute approximate surface area is 140 Å². The molecule has 8 heteroatoms. The number of furan rings is 1. The van der Waals surface area contributed by atoms with E-state index in [1.807, 2.05) is 20.8 Å². The number of carbonyl (C=O) groups is 1. The van der Waals surface area contributed by atoms with Crippen molar-refractivity contribution in [3.05, 3.63) is 29.0 Å². The topological polar surface area (TPSA) is 89.3 Å². The van der Waals surface area contributed by atoms with Gasteiger partial charge in [0.2, 0.25) is 10.0 Å². The van der Waals surface area contributed by atoms with Crippen LogP contribution in [0.5, 0.6) is 0 Å². The minimum Gasteiger partial charge on any atom is -0.459 e. The lowest BCUT2D eigenvalue weighted by Gasteiger charge is -2.11. The normalized spacial score (nSPS) is 13.0. The molecule has 6 nitrogen and oxygen atoms in total. The molecule has 1 amide bonds. The number of carbonyl (C=O) groups excluding carboxylic acids is 1. The molecular formula is C15H20N2O4S2. The van der Waals surface area contributed by atoms with E-state index in [9.17, 15) is 13.2 Å². The van der Waals surface area contributed by atoms with E-state index in [1.54, 1.807) is 12.1 Å². The zero-order chi connectivity index (χ0) is 17.0. The third-order valence-corrected chi connectivity index (χ3v) is 5.58. The predicted octanol–water partition coefficient (Wildman–Crippen LogP) is 3.21. The first-order valence-corrected chi connectivity index (χ1v) is 9.91. The van der Waals surface area contributed by atoms with E-state index < -0.39 is 15.9 Å². The molecule has 0 saturated carbocycles. The Hall–Kier alpha value is -1.67. The number of nitrogens with zero attached hydrogens (tertiary/aromatic N) is 1. The highest BCUT2D eigenvalue weighted by Crippen LogP contribution is 2.25. The monoisotopic (exact) mass is 356 g/mol. The van der Waals surface area contributed by atoms with Crippen molar-refractivity contribution in [1.29, 1.82) is 0 Å². The summed E-state index contributed by atoms with van der Waals surface area (Å²) in [7, 11) is -3.66. The van der Waals surface area contributed by atoms with Crippen LogP contribution < -0.4 is 4.72 Å². The molecule has 0 aromatic carbocycles. The molecule has 0 bridgehead atoms. The van der Waals surface area contributed by atoms with Crippen LogP contribution in [0.1, 0.15) is 42.9 Å². The molecule has 2 heterocycles. The standard InChI is InChI=1S/C15H20N2O4S2/c1-4-5-10(2)9-23(19,20)17-14(18)12-8-22-15(16-12)13-7-6-11(3)21-13/h6-8,10H,4-5,9H2,1-3H3,(H,17,18). The maximum Gasteiger partial charge on any atom is 0.284 e. The van der Waals surface area contributed by atoms with Gasteiger partial charge in [0, 0.05) is 5.38 Å². The van der Waals surface area contributed by atoms with Crippen LogP contribution in [0.15, 0.2) is 21.9 Å². The third-order valence-electron chi connectivity index (χ3n) is 3.22. The molecule has 1 N–H and O–H groups in total. The van der Waals surface area contributed by atoms with Gasteiger partial charge >= 0.3 is 0 Å². The molecule has 126 valence electrons. The van der Waals surface area contributed by atoms with Crippen LogP contribution in [-0.4, -0.2) is 25.1 Å². The average molecular weight is 356 g/mol. The van der Waals surface area contributed by atoms with Crippen molar-refractivity contribution in [3.8, 4) is 10.8 Å². The third kappa shape index (κ3) is 4.90. The van der Waals surface area contributed by atoms with Crippen molar-refractivity contribution < 1.29 is 17.6 Å². The maximum atomic E-state index is 12.1. The second-order valence-corrected chi connectivity index (χ2v) is 8.18. The Morgan fingerprint density at radius 2 is 2.17 bits per heavy atom. The van der Waals surface area contributed by atoms with Gasteiger partial charge in [-0.2, -0.15) is 0 Å². The molecule has 0 spiro atoms.